The van der Waals surface area contributed by atoms with Gasteiger partial charge in [0.05, 0.1) is 12.6 Å². The predicted octanol–water partition coefficient (Wildman–Crippen LogP) is 4.33. The Balaban J connectivity index is 1.52. The molecule has 0 spiro atoms. The first-order chi connectivity index (χ1) is 13.1. The molecular formula is C23H21N3O. The molecule has 3 aromatic carbocycles. The molecule has 1 aromatic heterocycles. The van der Waals surface area contributed by atoms with Crippen molar-refractivity contribution < 1.29 is 4.79 Å². The molecule has 0 unspecified atom stereocenters. The van der Waals surface area contributed by atoms with E-state index in [1.807, 2.05) is 49.5 Å². The van der Waals surface area contributed by atoms with Crippen LogP contribution in [0, 0.1) is 6.92 Å². The van der Waals surface area contributed by atoms with Crippen molar-refractivity contribution in [2.45, 2.75) is 13.3 Å². The van der Waals surface area contributed by atoms with Gasteiger partial charge in [-0.05, 0) is 29.3 Å². The van der Waals surface area contributed by atoms with Crippen LogP contribution in [0.2, 0.25) is 0 Å². The highest BCUT2D eigenvalue weighted by atomic mass is 16.2. The Morgan fingerprint density at radius 2 is 1.70 bits per heavy atom. The first kappa shape index (κ1) is 17.0. The smallest absolute Gasteiger partial charge is 0.244 e. The van der Waals surface area contributed by atoms with Crippen molar-refractivity contribution in [3.8, 4) is 0 Å². The number of aromatic nitrogens is 1. The van der Waals surface area contributed by atoms with Crippen molar-refractivity contribution in [3.05, 3.63) is 83.6 Å². The Morgan fingerprint density at radius 3 is 2.56 bits per heavy atom. The second-order valence-electron chi connectivity index (χ2n) is 6.68. The summed E-state index contributed by atoms with van der Waals surface area (Å²) in [6.45, 7) is 2.05. The fourth-order valence-electron chi connectivity index (χ4n) is 3.54. The zero-order chi connectivity index (χ0) is 18.8. The summed E-state index contributed by atoms with van der Waals surface area (Å²) >= 11 is 0. The molecule has 0 fully saturated rings. The predicted molar refractivity (Wildman–Crippen MR) is 111 cm³/mol. The normalized spacial score (nSPS) is 11.5. The van der Waals surface area contributed by atoms with E-state index in [9.17, 15) is 4.79 Å². The van der Waals surface area contributed by atoms with Gasteiger partial charge in [-0.1, -0.05) is 60.7 Å². The number of hydrazone groups is 1. The van der Waals surface area contributed by atoms with Gasteiger partial charge in [-0.3, -0.25) is 4.79 Å². The van der Waals surface area contributed by atoms with Gasteiger partial charge < -0.3 is 4.57 Å². The molecule has 0 radical (unpaired) electrons. The van der Waals surface area contributed by atoms with E-state index in [0.29, 0.717) is 6.42 Å². The number of aryl methyl sites for hydroxylation is 1. The molecule has 1 amide bonds. The van der Waals surface area contributed by atoms with Gasteiger partial charge in [-0.2, -0.15) is 5.10 Å². The number of carbonyl (C=O) groups is 1. The average molecular weight is 355 g/mol. The van der Waals surface area contributed by atoms with Crippen molar-refractivity contribution in [2.24, 2.45) is 12.1 Å². The lowest BCUT2D eigenvalue weighted by atomic mass is 10.0. The van der Waals surface area contributed by atoms with E-state index < -0.39 is 0 Å². The van der Waals surface area contributed by atoms with Gasteiger partial charge >= 0.3 is 0 Å². The molecule has 1 N–H and O–H groups in total. The molecule has 0 saturated heterocycles. The number of benzene rings is 3. The molecule has 0 aliphatic rings. The number of para-hydroxylation sites is 1. The van der Waals surface area contributed by atoms with E-state index in [1.54, 1.807) is 6.21 Å². The summed E-state index contributed by atoms with van der Waals surface area (Å²) in [6, 6.07) is 22.3. The quantitative estimate of drug-likeness (QED) is 0.430. The van der Waals surface area contributed by atoms with E-state index in [0.717, 1.165) is 38.5 Å². The summed E-state index contributed by atoms with van der Waals surface area (Å²) in [5.74, 6) is -0.125. The lowest BCUT2D eigenvalue weighted by Gasteiger charge is -2.05. The zero-order valence-corrected chi connectivity index (χ0v) is 15.4. The van der Waals surface area contributed by atoms with Crippen molar-refractivity contribution >= 4 is 33.8 Å². The third-order valence-corrected chi connectivity index (χ3v) is 5.06. The van der Waals surface area contributed by atoms with E-state index in [2.05, 4.69) is 46.3 Å². The summed E-state index contributed by atoms with van der Waals surface area (Å²) in [7, 11) is 2.04. The summed E-state index contributed by atoms with van der Waals surface area (Å²) < 4.78 is 2.13. The third kappa shape index (κ3) is 3.22. The molecule has 0 bridgehead atoms. The first-order valence-corrected chi connectivity index (χ1v) is 8.97. The van der Waals surface area contributed by atoms with Gasteiger partial charge in [-0.15, -0.1) is 0 Å². The maximum absolute atomic E-state index is 12.4. The second-order valence-corrected chi connectivity index (χ2v) is 6.68. The van der Waals surface area contributed by atoms with E-state index in [-0.39, 0.29) is 5.91 Å². The second kappa shape index (κ2) is 7.08. The van der Waals surface area contributed by atoms with Gasteiger partial charge in [0.1, 0.15) is 0 Å². The van der Waals surface area contributed by atoms with Gasteiger partial charge in [-0.25, -0.2) is 5.43 Å². The SMILES string of the molecule is Cc1c(C=NNC(=O)Cc2cccc3ccccc23)c2ccccc2n1C. The summed E-state index contributed by atoms with van der Waals surface area (Å²) in [5, 5.41) is 7.57. The third-order valence-electron chi connectivity index (χ3n) is 5.06. The Morgan fingerprint density at radius 1 is 1.00 bits per heavy atom. The maximum Gasteiger partial charge on any atom is 0.244 e. The molecule has 4 aromatic rings. The highest BCUT2D eigenvalue weighted by Crippen LogP contribution is 2.23. The van der Waals surface area contributed by atoms with Crippen LogP contribution in [-0.2, 0) is 18.3 Å². The van der Waals surface area contributed by atoms with Crippen LogP contribution >= 0.6 is 0 Å². The molecule has 0 atom stereocenters. The van der Waals surface area contributed by atoms with Gasteiger partial charge in [0.25, 0.3) is 0 Å². The molecule has 27 heavy (non-hydrogen) atoms. The van der Waals surface area contributed by atoms with Crippen molar-refractivity contribution in [3.63, 3.8) is 0 Å². The van der Waals surface area contributed by atoms with Gasteiger partial charge in [0, 0.05) is 29.2 Å². The fraction of sp³-hybridized carbons (Fsp3) is 0.130. The minimum absolute atomic E-state index is 0.125. The minimum Gasteiger partial charge on any atom is -0.347 e. The molecule has 0 aliphatic heterocycles. The summed E-state index contributed by atoms with van der Waals surface area (Å²) in [4.78, 5) is 12.4. The Kier molecular flexibility index (Phi) is 4.47. The number of hydrogen-bond acceptors (Lipinski definition) is 2. The van der Waals surface area contributed by atoms with Crippen molar-refractivity contribution in [1.29, 1.82) is 0 Å². The standard InChI is InChI=1S/C23H21N3O/c1-16-21(20-12-5-6-13-22(20)26(16)2)15-24-25-23(27)14-18-10-7-9-17-8-3-4-11-19(17)18/h3-13,15H,14H2,1-2H3,(H,25,27). The largest absolute Gasteiger partial charge is 0.347 e. The monoisotopic (exact) mass is 355 g/mol. The number of nitrogens with zero attached hydrogens (tertiary/aromatic N) is 2. The lowest BCUT2D eigenvalue weighted by Crippen LogP contribution is -2.20. The highest BCUT2D eigenvalue weighted by Gasteiger charge is 2.10. The fourth-order valence-corrected chi connectivity index (χ4v) is 3.54. The van der Waals surface area contributed by atoms with Gasteiger partial charge in [0.15, 0.2) is 0 Å². The van der Waals surface area contributed by atoms with Crippen LogP contribution in [0.4, 0.5) is 0 Å². The molecule has 1 heterocycles. The number of amides is 1. The van der Waals surface area contributed by atoms with Crippen LogP contribution < -0.4 is 5.43 Å². The number of fused-ring (bicyclic) bond motifs is 2. The molecular weight excluding hydrogens is 334 g/mol. The topological polar surface area (TPSA) is 46.4 Å². The van der Waals surface area contributed by atoms with Crippen LogP contribution in [0.3, 0.4) is 0 Å². The Labute approximate surface area is 158 Å². The van der Waals surface area contributed by atoms with E-state index in [1.165, 1.54) is 0 Å². The van der Waals surface area contributed by atoms with Crippen LogP contribution in [0.5, 0.6) is 0 Å². The van der Waals surface area contributed by atoms with Crippen LogP contribution in [-0.4, -0.2) is 16.7 Å². The lowest BCUT2D eigenvalue weighted by molar-refractivity contribution is -0.120. The van der Waals surface area contributed by atoms with Crippen molar-refractivity contribution in [2.75, 3.05) is 0 Å². The zero-order valence-electron chi connectivity index (χ0n) is 15.4. The Bertz CT molecular complexity index is 1170. The van der Waals surface area contributed by atoms with Crippen LogP contribution in [0.25, 0.3) is 21.7 Å². The number of nitrogens with one attached hydrogen (secondary N) is 1. The average Bonchev–Trinajstić information content (AvgIpc) is 2.93. The van der Waals surface area contributed by atoms with E-state index >= 15 is 0 Å². The Hall–Kier alpha value is -3.40. The van der Waals surface area contributed by atoms with E-state index in [4.69, 9.17) is 0 Å². The van der Waals surface area contributed by atoms with Crippen LogP contribution in [0.1, 0.15) is 16.8 Å². The molecule has 0 saturated carbocycles. The highest BCUT2D eigenvalue weighted by molar-refractivity contribution is 6.01. The number of hydrogen-bond donors (Lipinski definition) is 1. The summed E-state index contributed by atoms with van der Waals surface area (Å²) in [6.07, 6.45) is 2.03. The number of carbonyl (C=O) groups excluding carboxylic acids is 1. The maximum atomic E-state index is 12.4. The molecule has 0 aliphatic carbocycles. The minimum atomic E-state index is -0.125. The first-order valence-electron chi connectivity index (χ1n) is 8.97. The van der Waals surface area contributed by atoms with Crippen molar-refractivity contribution in [1.82, 2.24) is 9.99 Å². The number of rotatable bonds is 4. The molecule has 4 nitrogen and oxygen atoms in total. The van der Waals surface area contributed by atoms with Crippen LogP contribution in [0.15, 0.2) is 71.8 Å². The van der Waals surface area contributed by atoms with Gasteiger partial charge in [0.2, 0.25) is 5.91 Å². The molecule has 134 valence electrons. The summed E-state index contributed by atoms with van der Waals surface area (Å²) in [5.41, 5.74) is 6.96. The molecule has 4 rings (SSSR count). The molecule has 4 heteroatoms.